The highest BCUT2D eigenvalue weighted by atomic mass is 16.1. The molecule has 0 aromatic heterocycles. The van der Waals surface area contributed by atoms with Crippen LogP contribution in [-0.4, -0.2) is 5.78 Å². The van der Waals surface area contributed by atoms with E-state index in [-0.39, 0.29) is 11.2 Å². The van der Waals surface area contributed by atoms with Crippen molar-refractivity contribution in [1.29, 1.82) is 0 Å². The number of hydrogen-bond acceptors (Lipinski definition) is 1. The molecule has 2 rings (SSSR count). The average Bonchev–Trinajstić information content (AvgIpc) is 2.38. The van der Waals surface area contributed by atoms with Crippen LogP contribution in [-0.2, 0) is 5.41 Å². The topological polar surface area (TPSA) is 17.1 Å². The van der Waals surface area contributed by atoms with E-state index in [0.29, 0.717) is 0 Å². The fourth-order valence-corrected chi connectivity index (χ4v) is 2.19. The molecule has 2 aromatic carbocycles. The lowest BCUT2D eigenvalue weighted by molar-refractivity contribution is 0.101. The summed E-state index contributed by atoms with van der Waals surface area (Å²) >= 11 is 0. The maximum Gasteiger partial charge on any atom is 0.160 e. The summed E-state index contributed by atoms with van der Waals surface area (Å²) in [4.78, 5) is 11.7. The zero-order chi connectivity index (χ0) is 14.0. The predicted octanol–water partition coefficient (Wildman–Crippen LogP) is 4.85. The molecule has 0 aliphatic carbocycles. The SMILES string of the molecule is CC(=O)c1ccccc1-c1ccc(C(C)(C)C)cc1. The lowest BCUT2D eigenvalue weighted by Gasteiger charge is -2.19. The number of benzene rings is 2. The van der Waals surface area contributed by atoms with E-state index in [1.165, 1.54) is 5.56 Å². The predicted molar refractivity (Wildman–Crippen MR) is 80.6 cm³/mol. The highest BCUT2D eigenvalue weighted by Crippen LogP contribution is 2.28. The minimum absolute atomic E-state index is 0.107. The summed E-state index contributed by atoms with van der Waals surface area (Å²) in [5, 5.41) is 0. The van der Waals surface area contributed by atoms with Crippen LogP contribution in [0.4, 0.5) is 0 Å². The zero-order valence-electron chi connectivity index (χ0n) is 12.0. The first-order valence-electron chi connectivity index (χ1n) is 6.60. The van der Waals surface area contributed by atoms with Crippen molar-refractivity contribution in [1.82, 2.24) is 0 Å². The van der Waals surface area contributed by atoms with Crippen LogP contribution in [0, 0.1) is 0 Å². The second-order valence-electron chi connectivity index (χ2n) is 5.93. The van der Waals surface area contributed by atoms with Gasteiger partial charge in [-0.15, -0.1) is 0 Å². The number of carbonyl (C=O) groups is 1. The van der Waals surface area contributed by atoms with Gasteiger partial charge < -0.3 is 0 Å². The summed E-state index contributed by atoms with van der Waals surface area (Å²) in [5.74, 6) is 0.107. The van der Waals surface area contributed by atoms with Crippen LogP contribution in [0.5, 0.6) is 0 Å². The Morgan fingerprint density at radius 1 is 0.895 bits per heavy atom. The molecule has 0 saturated heterocycles. The molecule has 1 heteroatoms. The molecular formula is C18H20O. The molecule has 0 aliphatic heterocycles. The smallest absolute Gasteiger partial charge is 0.160 e. The van der Waals surface area contributed by atoms with E-state index in [4.69, 9.17) is 0 Å². The van der Waals surface area contributed by atoms with Gasteiger partial charge in [-0.3, -0.25) is 4.79 Å². The van der Waals surface area contributed by atoms with E-state index < -0.39 is 0 Å². The Hall–Kier alpha value is -1.89. The van der Waals surface area contributed by atoms with Crippen molar-refractivity contribution in [2.75, 3.05) is 0 Å². The molecule has 0 N–H and O–H groups in total. The number of carbonyl (C=O) groups excluding carboxylic acids is 1. The molecule has 0 amide bonds. The van der Waals surface area contributed by atoms with Crippen LogP contribution in [0.2, 0.25) is 0 Å². The lowest BCUT2D eigenvalue weighted by atomic mass is 9.86. The minimum atomic E-state index is 0.107. The number of rotatable bonds is 2. The summed E-state index contributed by atoms with van der Waals surface area (Å²) in [7, 11) is 0. The quantitative estimate of drug-likeness (QED) is 0.698. The van der Waals surface area contributed by atoms with Crippen molar-refractivity contribution in [2.24, 2.45) is 0 Å². The normalized spacial score (nSPS) is 11.4. The van der Waals surface area contributed by atoms with Crippen LogP contribution in [0.1, 0.15) is 43.6 Å². The van der Waals surface area contributed by atoms with Crippen molar-refractivity contribution < 1.29 is 4.79 Å². The summed E-state index contributed by atoms with van der Waals surface area (Å²) in [6.45, 7) is 8.21. The Morgan fingerprint density at radius 3 is 2.00 bits per heavy atom. The van der Waals surface area contributed by atoms with E-state index in [2.05, 4.69) is 45.0 Å². The van der Waals surface area contributed by atoms with E-state index in [1.807, 2.05) is 24.3 Å². The van der Waals surface area contributed by atoms with Gasteiger partial charge in [0.05, 0.1) is 0 Å². The Bertz CT molecular complexity index is 586. The maximum atomic E-state index is 11.7. The van der Waals surface area contributed by atoms with Gasteiger partial charge in [0.15, 0.2) is 5.78 Å². The number of ketones is 1. The fourth-order valence-electron chi connectivity index (χ4n) is 2.19. The van der Waals surface area contributed by atoms with E-state index >= 15 is 0 Å². The third kappa shape index (κ3) is 2.93. The second kappa shape index (κ2) is 5.00. The first kappa shape index (κ1) is 13.5. The molecule has 2 aromatic rings. The standard InChI is InChI=1S/C18H20O/c1-13(19)16-7-5-6-8-17(16)14-9-11-15(12-10-14)18(2,3)4/h5-12H,1-4H3. The van der Waals surface area contributed by atoms with Gasteiger partial charge in [-0.2, -0.15) is 0 Å². The maximum absolute atomic E-state index is 11.7. The van der Waals surface area contributed by atoms with Gasteiger partial charge in [0.2, 0.25) is 0 Å². The Balaban J connectivity index is 2.46. The summed E-state index contributed by atoms with van der Waals surface area (Å²) < 4.78 is 0. The minimum Gasteiger partial charge on any atom is -0.294 e. The second-order valence-corrected chi connectivity index (χ2v) is 5.93. The number of Topliss-reactive ketones (excluding diaryl/α,β-unsaturated/α-hetero) is 1. The molecule has 0 radical (unpaired) electrons. The largest absolute Gasteiger partial charge is 0.294 e. The average molecular weight is 252 g/mol. The summed E-state index contributed by atoms with van der Waals surface area (Å²) in [6, 6.07) is 16.3. The van der Waals surface area contributed by atoms with E-state index in [0.717, 1.165) is 16.7 Å². The molecule has 0 aliphatic rings. The zero-order valence-corrected chi connectivity index (χ0v) is 12.0. The molecule has 0 fully saturated rings. The van der Waals surface area contributed by atoms with Crippen LogP contribution in [0.15, 0.2) is 48.5 Å². The molecule has 0 bridgehead atoms. The molecule has 0 spiro atoms. The highest BCUT2D eigenvalue weighted by molar-refractivity contribution is 6.00. The van der Waals surface area contributed by atoms with Crippen molar-refractivity contribution in [3.05, 3.63) is 59.7 Å². The molecule has 0 saturated carbocycles. The molecule has 1 nitrogen and oxygen atoms in total. The van der Waals surface area contributed by atoms with E-state index in [9.17, 15) is 4.79 Å². The van der Waals surface area contributed by atoms with Crippen molar-refractivity contribution in [2.45, 2.75) is 33.1 Å². The Labute approximate surface area is 115 Å². The van der Waals surface area contributed by atoms with Crippen molar-refractivity contribution >= 4 is 5.78 Å². The van der Waals surface area contributed by atoms with Crippen LogP contribution in [0.25, 0.3) is 11.1 Å². The van der Waals surface area contributed by atoms with Crippen molar-refractivity contribution in [3.63, 3.8) is 0 Å². The van der Waals surface area contributed by atoms with Crippen LogP contribution < -0.4 is 0 Å². The highest BCUT2D eigenvalue weighted by Gasteiger charge is 2.14. The summed E-state index contributed by atoms with van der Waals surface area (Å²) in [5.41, 5.74) is 4.34. The van der Waals surface area contributed by atoms with Crippen LogP contribution >= 0.6 is 0 Å². The van der Waals surface area contributed by atoms with Gasteiger partial charge >= 0.3 is 0 Å². The molecule has 0 atom stereocenters. The molecule has 0 heterocycles. The van der Waals surface area contributed by atoms with Gasteiger partial charge in [0.1, 0.15) is 0 Å². The Morgan fingerprint density at radius 2 is 1.47 bits per heavy atom. The Kier molecular flexibility index (Phi) is 3.57. The van der Waals surface area contributed by atoms with Gasteiger partial charge in [-0.1, -0.05) is 69.3 Å². The molecular weight excluding hydrogens is 232 g/mol. The van der Waals surface area contributed by atoms with Gasteiger partial charge in [-0.05, 0) is 29.0 Å². The van der Waals surface area contributed by atoms with Crippen molar-refractivity contribution in [3.8, 4) is 11.1 Å². The third-order valence-electron chi connectivity index (χ3n) is 3.37. The lowest BCUT2D eigenvalue weighted by Crippen LogP contribution is -2.10. The van der Waals surface area contributed by atoms with Gasteiger partial charge in [-0.25, -0.2) is 0 Å². The van der Waals surface area contributed by atoms with Gasteiger partial charge in [0.25, 0.3) is 0 Å². The van der Waals surface area contributed by atoms with Gasteiger partial charge in [0, 0.05) is 5.56 Å². The first-order chi connectivity index (χ1) is 8.89. The molecule has 98 valence electrons. The fraction of sp³-hybridized carbons (Fsp3) is 0.278. The molecule has 19 heavy (non-hydrogen) atoms. The summed E-state index contributed by atoms with van der Waals surface area (Å²) in [6.07, 6.45) is 0. The third-order valence-corrected chi connectivity index (χ3v) is 3.37. The monoisotopic (exact) mass is 252 g/mol. The van der Waals surface area contributed by atoms with E-state index in [1.54, 1.807) is 6.92 Å². The molecule has 0 unspecified atom stereocenters. The first-order valence-corrected chi connectivity index (χ1v) is 6.60. The number of hydrogen-bond donors (Lipinski definition) is 0. The van der Waals surface area contributed by atoms with Crippen LogP contribution in [0.3, 0.4) is 0 Å².